The SMILES string of the molecule is C[C@@H](C(=O)NC1CCCC1)N1CCC(c2nc3ccccc3o2)CC1. The summed E-state index contributed by atoms with van der Waals surface area (Å²) in [6.45, 7) is 3.87. The van der Waals surface area contributed by atoms with E-state index in [0.717, 1.165) is 55.8 Å². The molecule has 1 atom stereocenters. The lowest BCUT2D eigenvalue weighted by Crippen LogP contribution is -2.50. The molecule has 0 bridgehead atoms. The fraction of sp³-hybridized carbons (Fsp3) is 0.600. The highest BCUT2D eigenvalue weighted by Crippen LogP contribution is 2.30. The van der Waals surface area contributed by atoms with Gasteiger partial charge in [-0.1, -0.05) is 25.0 Å². The molecular formula is C20H27N3O2. The molecular weight excluding hydrogens is 314 g/mol. The van der Waals surface area contributed by atoms with E-state index in [1.165, 1.54) is 12.8 Å². The van der Waals surface area contributed by atoms with Gasteiger partial charge in [0.05, 0.1) is 6.04 Å². The van der Waals surface area contributed by atoms with E-state index in [9.17, 15) is 4.79 Å². The van der Waals surface area contributed by atoms with Crippen LogP contribution in [0, 0.1) is 0 Å². The van der Waals surface area contributed by atoms with Gasteiger partial charge in [0.1, 0.15) is 5.52 Å². The normalized spacial score (nSPS) is 21.6. The minimum Gasteiger partial charge on any atom is -0.440 e. The largest absolute Gasteiger partial charge is 0.440 e. The van der Waals surface area contributed by atoms with Gasteiger partial charge in [0.25, 0.3) is 0 Å². The lowest BCUT2D eigenvalue weighted by Gasteiger charge is -2.34. The van der Waals surface area contributed by atoms with E-state index in [1.54, 1.807) is 0 Å². The lowest BCUT2D eigenvalue weighted by atomic mass is 9.95. The number of carbonyl (C=O) groups is 1. The standard InChI is InChI=1S/C20H27N3O2/c1-14(19(24)21-16-6-2-3-7-16)23-12-10-15(11-13-23)20-22-17-8-4-5-9-18(17)25-20/h4-5,8-9,14-16H,2-3,6-7,10-13H2,1H3,(H,21,24)/t14-/m0/s1. The summed E-state index contributed by atoms with van der Waals surface area (Å²) < 4.78 is 5.93. The van der Waals surface area contributed by atoms with Crippen LogP contribution in [0.4, 0.5) is 0 Å². The van der Waals surface area contributed by atoms with Crippen molar-refractivity contribution in [1.29, 1.82) is 0 Å². The Hall–Kier alpha value is -1.88. The number of nitrogens with one attached hydrogen (secondary N) is 1. The van der Waals surface area contributed by atoms with Crippen LogP contribution in [0.3, 0.4) is 0 Å². The van der Waals surface area contributed by atoms with Gasteiger partial charge >= 0.3 is 0 Å². The number of amides is 1. The molecule has 0 unspecified atom stereocenters. The molecule has 1 amide bonds. The first-order valence-electron chi connectivity index (χ1n) is 9.60. The van der Waals surface area contributed by atoms with E-state index in [0.29, 0.717) is 12.0 Å². The maximum absolute atomic E-state index is 12.5. The summed E-state index contributed by atoms with van der Waals surface area (Å²) in [6, 6.07) is 8.27. The van der Waals surface area contributed by atoms with Crippen LogP contribution in [0.15, 0.2) is 28.7 Å². The maximum Gasteiger partial charge on any atom is 0.237 e. The highest BCUT2D eigenvalue weighted by Gasteiger charge is 2.30. The Balaban J connectivity index is 1.33. The zero-order chi connectivity index (χ0) is 17.2. The summed E-state index contributed by atoms with van der Waals surface area (Å²) in [5.74, 6) is 1.39. The van der Waals surface area contributed by atoms with Crippen molar-refractivity contribution in [3.8, 4) is 0 Å². The number of para-hydroxylation sites is 2. The van der Waals surface area contributed by atoms with Gasteiger partial charge in [-0.15, -0.1) is 0 Å². The summed E-state index contributed by atoms with van der Waals surface area (Å²) in [5.41, 5.74) is 1.80. The molecule has 5 heteroatoms. The van der Waals surface area contributed by atoms with Crippen LogP contribution in [-0.2, 0) is 4.79 Å². The first kappa shape index (κ1) is 16.6. The number of carbonyl (C=O) groups excluding carboxylic acids is 1. The molecule has 1 aromatic carbocycles. The summed E-state index contributed by atoms with van der Waals surface area (Å²) in [4.78, 5) is 19.4. The highest BCUT2D eigenvalue weighted by molar-refractivity contribution is 5.81. The average molecular weight is 341 g/mol. The van der Waals surface area contributed by atoms with Crippen LogP contribution in [0.25, 0.3) is 11.1 Å². The molecule has 1 aliphatic carbocycles. The van der Waals surface area contributed by atoms with Crippen molar-refractivity contribution in [3.05, 3.63) is 30.2 Å². The third-order valence-electron chi connectivity index (χ3n) is 5.82. The Bertz CT molecular complexity index is 694. The number of benzene rings is 1. The van der Waals surface area contributed by atoms with Crippen LogP contribution in [0.5, 0.6) is 0 Å². The predicted molar refractivity (Wildman–Crippen MR) is 97.4 cm³/mol. The molecule has 1 aromatic heterocycles. The van der Waals surface area contributed by atoms with Crippen LogP contribution >= 0.6 is 0 Å². The van der Waals surface area contributed by atoms with Crippen LogP contribution in [0.2, 0.25) is 0 Å². The molecule has 2 aliphatic rings. The van der Waals surface area contributed by atoms with Crippen molar-refractivity contribution in [2.75, 3.05) is 13.1 Å². The first-order valence-corrected chi connectivity index (χ1v) is 9.60. The van der Waals surface area contributed by atoms with Gasteiger partial charge in [0.2, 0.25) is 5.91 Å². The van der Waals surface area contributed by atoms with Gasteiger partial charge in [-0.3, -0.25) is 9.69 Å². The van der Waals surface area contributed by atoms with Crippen molar-refractivity contribution in [2.24, 2.45) is 0 Å². The van der Waals surface area contributed by atoms with Crippen molar-refractivity contribution in [2.45, 2.75) is 63.5 Å². The number of likely N-dealkylation sites (tertiary alicyclic amines) is 1. The first-order chi connectivity index (χ1) is 12.2. The Kier molecular flexibility index (Phi) is 4.75. The monoisotopic (exact) mass is 341 g/mol. The molecule has 0 radical (unpaired) electrons. The Morgan fingerprint density at radius 1 is 1.20 bits per heavy atom. The second kappa shape index (κ2) is 7.16. The van der Waals surface area contributed by atoms with Crippen molar-refractivity contribution < 1.29 is 9.21 Å². The van der Waals surface area contributed by atoms with Gasteiger partial charge in [-0.2, -0.15) is 0 Å². The molecule has 25 heavy (non-hydrogen) atoms. The number of fused-ring (bicyclic) bond motifs is 1. The van der Waals surface area contributed by atoms with E-state index in [4.69, 9.17) is 4.42 Å². The molecule has 4 rings (SSSR count). The van der Waals surface area contributed by atoms with E-state index < -0.39 is 0 Å². The molecule has 2 heterocycles. The molecule has 1 saturated heterocycles. The zero-order valence-electron chi connectivity index (χ0n) is 14.9. The molecule has 2 fully saturated rings. The molecule has 5 nitrogen and oxygen atoms in total. The van der Waals surface area contributed by atoms with Crippen molar-refractivity contribution in [3.63, 3.8) is 0 Å². The van der Waals surface area contributed by atoms with E-state index in [1.807, 2.05) is 31.2 Å². The summed E-state index contributed by atoms with van der Waals surface area (Å²) in [6.07, 6.45) is 6.75. The van der Waals surface area contributed by atoms with E-state index in [2.05, 4.69) is 15.2 Å². The number of oxazole rings is 1. The second-order valence-electron chi connectivity index (χ2n) is 7.50. The molecule has 1 N–H and O–H groups in total. The molecule has 1 saturated carbocycles. The van der Waals surface area contributed by atoms with Gasteiger partial charge < -0.3 is 9.73 Å². The van der Waals surface area contributed by atoms with Crippen LogP contribution < -0.4 is 5.32 Å². The van der Waals surface area contributed by atoms with Gasteiger partial charge in [-0.25, -0.2) is 4.98 Å². The Morgan fingerprint density at radius 3 is 2.64 bits per heavy atom. The lowest BCUT2D eigenvalue weighted by molar-refractivity contribution is -0.127. The smallest absolute Gasteiger partial charge is 0.237 e. The van der Waals surface area contributed by atoms with Crippen LogP contribution in [-0.4, -0.2) is 41.0 Å². The summed E-state index contributed by atoms with van der Waals surface area (Å²) in [5, 5.41) is 3.23. The highest BCUT2D eigenvalue weighted by atomic mass is 16.3. The second-order valence-corrected chi connectivity index (χ2v) is 7.50. The average Bonchev–Trinajstić information content (AvgIpc) is 3.30. The summed E-state index contributed by atoms with van der Waals surface area (Å²) in [7, 11) is 0. The number of piperidine rings is 1. The minimum absolute atomic E-state index is 0.0508. The number of nitrogens with zero attached hydrogens (tertiary/aromatic N) is 2. The van der Waals surface area contributed by atoms with Gasteiger partial charge in [0, 0.05) is 12.0 Å². The fourth-order valence-electron chi connectivity index (χ4n) is 4.16. The summed E-state index contributed by atoms with van der Waals surface area (Å²) >= 11 is 0. The van der Waals surface area contributed by atoms with E-state index >= 15 is 0 Å². The number of hydrogen-bond donors (Lipinski definition) is 1. The quantitative estimate of drug-likeness (QED) is 0.925. The predicted octanol–water partition coefficient (Wildman–Crippen LogP) is 3.45. The minimum atomic E-state index is -0.0508. The van der Waals surface area contributed by atoms with E-state index in [-0.39, 0.29) is 11.9 Å². The maximum atomic E-state index is 12.5. The van der Waals surface area contributed by atoms with Gasteiger partial charge in [0.15, 0.2) is 11.5 Å². The molecule has 0 spiro atoms. The van der Waals surface area contributed by atoms with Crippen molar-refractivity contribution in [1.82, 2.24) is 15.2 Å². The van der Waals surface area contributed by atoms with Crippen molar-refractivity contribution >= 4 is 17.0 Å². The number of aromatic nitrogens is 1. The number of hydrogen-bond acceptors (Lipinski definition) is 4. The molecule has 134 valence electrons. The molecule has 2 aromatic rings. The third-order valence-corrected chi connectivity index (χ3v) is 5.82. The zero-order valence-corrected chi connectivity index (χ0v) is 14.9. The molecule has 1 aliphatic heterocycles. The third kappa shape index (κ3) is 3.56. The number of rotatable bonds is 4. The van der Waals surface area contributed by atoms with Gasteiger partial charge in [-0.05, 0) is 57.8 Å². The topological polar surface area (TPSA) is 58.4 Å². The Labute approximate surface area is 148 Å². The van der Waals surface area contributed by atoms with Crippen LogP contribution in [0.1, 0.15) is 57.3 Å². The Morgan fingerprint density at radius 2 is 1.92 bits per heavy atom. The fourth-order valence-corrected chi connectivity index (χ4v) is 4.16.